The van der Waals surface area contributed by atoms with Gasteiger partial charge in [-0.1, -0.05) is 6.07 Å². The summed E-state index contributed by atoms with van der Waals surface area (Å²) in [6.45, 7) is 0. The van der Waals surface area contributed by atoms with Gasteiger partial charge in [0.1, 0.15) is 5.69 Å². The van der Waals surface area contributed by atoms with Crippen molar-refractivity contribution in [1.82, 2.24) is 9.97 Å². The van der Waals surface area contributed by atoms with Crippen molar-refractivity contribution in [2.45, 2.75) is 9.24 Å². The molecule has 0 saturated heterocycles. The molecule has 0 aliphatic carbocycles. The van der Waals surface area contributed by atoms with E-state index in [4.69, 9.17) is 0 Å². The summed E-state index contributed by atoms with van der Waals surface area (Å²) in [5.74, 6) is 0. The summed E-state index contributed by atoms with van der Waals surface area (Å²) in [5.41, 5.74) is 1.25. The van der Waals surface area contributed by atoms with E-state index in [1.165, 1.54) is 17.8 Å². The molecule has 0 N–H and O–H groups in total. The zero-order valence-electron chi connectivity index (χ0n) is 7.90. The summed E-state index contributed by atoms with van der Waals surface area (Å²) in [4.78, 5) is 18.1. The molecule has 0 unspecified atom stereocenters. The third kappa shape index (κ3) is 1.74. The smallest absolute Gasteiger partial charge is 0.235 e. The van der Waals surface area contributed by atoms with Crippen LogP contribution in [0.4, 0.5) is 0 Å². The molecule has 0 atom stereocenters. The van der Waals surface area contributed by atoms with Gasteiger partial charge in [0.15, 0.2) is 15.5 Å². The zero-order valence-corrected chi connectivity index (χ0v) is 9.53. The van der Waals surface area contributed by atoms with Crippen molar-refractivity contribution in [1.29, 1.82) is 0 Å². The van der Waals surface area contributed by atoms with Crippen molar-refractivity contribution < 1.29 is 13.2 Å². The fourth-order valence-electron chi connectivity index (χ4n) is 1.12. The molecule has 2 rings (SSSR count). The van der Waals surface area contributed by atoms with Crippen LogP contribution in [0.1, 0.15) is 10.5 Å². The second-order valence-electron chi connectivity index (χ2n) is 2.81. The van der Waals surface area contributed by atoms with E-state index in [2.05, 4.69) is 9.97 Å². The Morgan fingerprint density at radius 1 is 1.25 bits per heavy atom. The lowest BCUT2D eigenvalue weighted by Gasteiger charge is -1.99. The maximum atomic E-state index is 12.0. The molecule has 0 bridgehead atoms. The molecular weight excluding hydrogens is 248 g/mol. The van der Waals surface area contributed by atoms with Gasteiger partial charge < -0.3 is 0 Å². The van der Waals surface area contributed by atoms with Crippen LogP contribution in [0.15, 0.2) is 39.1 Å². The lowest BCUT2D eigenvalue weighted by atomic mass is 10.5. The third-order valence-electron chi connectivity index (χ3n) is 1.83. The Hall–Kier alpha value is -1.60. The normalized spacial score (nSPS) is 11.2. The van der Waals surface area contributed by atoms with Crippen LogP contribution in [0.5, 0.6) is 0 Å². The minimum Gasteiger partial charge on any atom is -0.296 e. The molecule has 2 aromatic heterocycles. The third-order valence-corrected chi connectivity index (χ3v) is 4.90. The maximum Gasteiger partial charge on any atom is 0.235 e. The van der Waals surface area contributed by atoms with Crippen LogP contribution >= 0.6 is 11.3 Å². The summed E-state index contributed by atoms with van der Waals surface area (Å²) in [5, 5.41) is -0.0812. The number of nitrogens with zero attached hydrogens (tertiary/aromatic N) is 2. The van der Waals surface area contributed by atoms with Gasteiger partial charge in [0.2, 0.25) is 9.84 Å². The molecular formula is C9H6N2O3S2. The van der Waals surface area contributed by atoms with Crippen molar-refractivity contribution in [3.05, 3.63) is 35.6 Å². The van der Waals surface area contributed by atoms with Gasteiger partial charge in [-0.25, -0.2) is 18.4 Å². The summed E-state index contributed by atoms with van der Waals surface area (Å²) >= 11 is 0.906. The van der Waals surface area contributed by atoms with Crippen LogP contribution in [-0.4, -0.2) is 24.7 Å². The molecule has 0 saturated carbocycles. The standard InChI is InChI=1S/C9H6N2O3S2/c12-5-7-9(15-6-11-7)16(13,14)8-3-1-2-4-10-8/h1-6H. The van der Waals surface area contributed by atoms with Crippen LogP contribution in [-0.2, 0) is 9.84 Å². The van der Waals surface area contributed by atoms with Gasteiger partial charge in [0.05, 0.1) is 5.51 Å². The molecule has 0 spiro atoms. The Morgan fingerprint density at radius 3 is 2.69 bits per heavy atom. The van der Waals surface area contributed by atoms with Crippen LogP contribution in [0.3, 0.4) is 0 Å². The Morgan fingerprint density at radius 2 is 2.06 bits per heavy atom. The van der Waals surface area contributed by atoms with Crippen LogP contribution in [0.25, 0.3) is 0 Å². The van der Waals surface area contributed by atoms with E-state index in [-0.39, 0.29) is 14.9 Å². The van der Waals surface area contributed by atoms with Crippen molar-refractivity contribution in [3.8, 4) is 0 Å². The molecule has 0 aromatic carbocycles. The molecule has 0 aliphatic rings. The first-order valence-electron chi connectivity index (χ1n) is 4.21. The van der Waals surface area contributed by atoms with E-state index >= 15 is 0 Å². The Kier molecular flexibility index (Phi) is 2.80. The molecule has 5 nitrogen and oxygen atoms in total. The Balaban J connectivity index is 2.61. The molecule has 2 aromatic rings. The topological polar surface area (TPSA) is 77.0 Å². The van der Waals surface area contributed by atoms with Gasteiger partial charge in [0.25, 0.3) is 0 Å². The van der Waals surface area contributed by atoms with E-state index in [9.17, 15) is 13.2 Å². The van der Waals surface area contributed by atoms with Crippen LogP contribution in [0.2, 0.25) is 0 Å². The summed E-state index contributed by atoms with van der Waals surface area (Å²) in [6, 6.07) is 4.57. The number of rotatable bonds is 3. The Labute approximate surface area is 95.7 Å². The van der Waals surface area contributed by atoms with Gasteiger partial charge in [0, 0.05) is 6.20 Å². The van der Waals surface area contributed by atoms with Gasteiger partial charge in [-0.15, -0.1) is 11.3 Å². The fourth-order valence-corrected chi connectivity index (χ4v) is 3.52. The average Bonchev–Trinajstić information content (AvgIpc) is 2.79. The molecule has 0 radical (unpaired) electrons. The largest absolute Gasteiger partial charge is 0.296 e. The number of pyridine rings is 1. The molecule has 0 aliphatic heterocycles. The Bertz CT molecular complexity index is 605. The molecule has 2 heterocycles. The number of sulfone groups is 1. The predicted octanol–water partition coefficient (Wildman–Crippen LogP) is 1.18. The summed E-state index contributed by atoms with van der Waals surface area (Å²) in [6.07, 6.45) is 1.81. The SMILES string of the molecule is O=Cc1ncsc1S(=O)(=O)c1ccccn1. The number of hydrogen-bond acceptors (Lipinski definition) is 6. The van der Waals surface area contributed by atoms with Crippen molar-refractivity contribution >= 4 is 27.5 Å². The first-order valence-corrected chi connectivity index (χ1v) is 6.57. The lowest BCUT2D eigenvalue weighted by Crippen LogP contribution is -2.04. The second kappa shape index (κ2) is 4.11. The highest BCUT2D eigenvalue weighted by molar-refractivity contribution is 7.93. The number of aldehydes is 1. The van der Waals surface area contributed by atoms with Crippen molar-refractivity contribution in [3.63, 3.8) is 0 Å². The molecule has 16 heavy (non-hydrogen) atoms. The average molecular weight is 254 g/mol. The number of carbonyl (C=O) groups excluding carboxylic acids is 1. The molecule has 7 heteroatoms. The maximum absolute atomic E-state index is 12.0. The van der Waals surface area contributed by atoms with Crippen molar-refractivity contribution in [2.75, 3.05) is 0 Å². The number of hydrogen-bond donors (Lipinski definition) is 0. The van der Waals surface area contributed by atoms with E-state index in [0.29, 0.717) is 6.29 Å². The highest BCUT2D eigenvalue weighted by Gasteiger charge is 2.24. The van der Waals surface area contributed by atoms with Gasteiger partial charge in [-0.05, 0) is 12.1 Å². The number of aromatic nitrogens is 2. The van der Waals surface area contributed by atoms with Gasteiger partial charge in [-0.2, -0.15) is 0 Å². The predicted molar refractivity (Wildman–Crippen MR) is 57.2 cm³/mol. The van der Waals surface area contributed by atoms with Crippen LogP contribution in [0, 0.1) is 0 Å². The number of carbonyl (C=O) groups is 1. The van der Waals surface area contributed by atoms with E-state index in [1.54, 1.807) is 12.1 Å². The zero-order chi connectivity index (χ0) is 11.6. The summed E-state index contributed by atoms with van der Waals surface area (Å²) < 4.78 is 24.0. The van der Waals surface area contributed by atoms with Gasteiger partial charge >= 0.3 is 0 Å². The highest BCUT2D eigenvalue weighted by atomic mass is 32.2. The molecule has 82 valence electrons. The lowest BCUT2D eigenvalue weighted by molar-refractivity contribution is 0.111. The highest BCUT2D eigenvalue weighted by Crippen LogP contribution is 2.24. The first-order chi connectivity index (χ1) is 7.66. The van der Waals surface area contributed by atoms with E-state index in [1.807, 2.05) is 0 Å². The minimum atomic E-state index is -3.72. The van der Waals surface area contributed by atoms with E-state index < -0.39 is 9.84 Å². The summed E-state index contributed by atoms with van der Waals surface area (Å²) in [7, 11) is -3.72. The van der Waals surface area contributed by atoms with Crippen molar-refractivity contribution in [2.24, 2.45) is 0 Å². The number of thiazole rings is 1. The van der Waals surface area contributed by atoms with Crippen LogP contribution < -0.4 is 0 Å². The molecule has 0 fully saturated rings. The monoisotopic (exact) mass is 254 g/mol. The second-order valence-corrected chi connectivity index (χ2v) is 5.76. The minimum absolute atomic E-state index is 0.0683. The fraction of sp³-hybridized carbons (Fsp3) is 0. The van der Waals surface area contributed by atoms with E-state index in [0.717, 1.165) is 11.3 Å². The first kappa shape index (κ1) is 10.9. The quantitative estimate of drug-likeness (QED) is 0.769. The van der Waals surface area contributed by atoms with Gasteiger partial charge in [-0.3, -0.25) is 4.79 Å². The molecule has 0 amide bonds.